The summed E-state index contributed by atoms with van der Waals surface area (Å²) in [5.74, 6) is -1.12. The van der Waals surface area contributed by atoms with Crippen LogP contribution in [0.1, 0.15) is 57.1 Å². The third-order valence-electron chi connectivity index (χ3n) is 8.74. The van der Waals surface area contributed by atoms with Crippen molar-refractivity contribution in [2.45, 2.75) is 57.7 Å². The van der Waals surface area contributed by atoms with Crippen LogP contribution in [0.4, 0.5) is 0 Å². The number of piperidine rings is 1. The van der Waals surface area contributed by atoms with E-state index in [9.17, 15) is 20.1 Å². The zero-order valence-corrected chi connectivity index (χ0v) is 22.1. The van der Waals surface area contributed by atoms with Crippen molar-refractivity contribution in [1.82, 2.24) is 4.90 Å². The first-order chi connectivity index (χ1) is 17.7. The highest BCUT2D eigenvalue weighted by atomic mass is 16.4. The standard InChI is InChI=1S/C32H41NO4/c1-24(30(35)36)31(2)19-15-25(16-20-31)29(34)14-9-21-33-22-17-28(18-23-33)32(37,26-10-5-3-6-11-26)27-12-7-4-8-13-27/h3-8,10-13,15-16,19,24,28-29,34,37H,9,14,17-18,20-23H2,1-2H3,(H,35,36). The molecule has 1 aliphatic carbocycles. The topological polar surface area (TPSA) is 81.0 Å². The number of allylic oxidation sites excluding steroid dienone is 2. The second-order valence-electron chi connectivity index (χ2n) is 11.1. The molecular weight excluding hydrogens is 462 g/mol. The van der Waals surface area contributed by atoms with Crippen LogP contribution in [0.2, 0.25) is 0 Å². The second-order valence-corrected chi connectivity index (χ2v) is 11.1. The Morgan fingerprint density at radius 2 is 1.62 bits per heavy atom. The minimum Gasteiger partial charge on any atom is -0.481 e. The Hall–Kier alpha value is -2.73. The van der Waals surface area contributed by atoms with E-state index in [0.717, 1.165) is 55.6 Å². The summed E-state index contributed by atoms with van der Waals surface area (Å²) in [6, 6.07) is 20.1. The maximum atomic E-state index is 12.1. The molecule has 0 amide bonds. The van der Waals surface area contributed by atoms with Crippen LogP contribution in [-0.2, 0) is 10.4 Å². The smallest absolute Gasteiger partial charge is 0.307 e. The second kappa shape index (κ2) is 11.8. The molecule has 4 rings (SSSR count). The number of aliphatic hydroxyl groups excluding tert-OH is 1. The molecule has 5 heteroatoms. The van der Waals surface area contributed by atoms with Gasteiger partial charge in [-0.15, -0.1) is 0 Å². The van der Waals surface area contributed by atoms with E-state index in [4.69, 9.17) is 0 Å². The van der Waals surface area contributed by atoms with Gasteiger partial charge < -0.3 is 20.2 Å². The van der Waals surface area contributed by atoms with Gasteiger partial charge >= 0.3 is 5.97 Å². The molecule has 37 heavy (non-hydrogen) atoms. The van der Waals surface area contributed by atoms with E-state index in [-0.39, 0.29) is 5.92 Å². The largest absolute Gasteiger partial charge is 0.481 e. The van der Waals surface area contributed by atoms with E-state index in [1.807, 2.05) is 85.8 Å². The van der Waals surface area contributed by atoms with E-state index >= 15 is 0 Å². The molecule has 1 saturated heterocycles. The molecule has 2 aromatic rings. The summed E-state index contributed by atoms with van der Waals surface area (Å²) < 4.78 is 0. The maximum absolute atomic E-state index is 12.1. The van der Waals surface area contributed by atoms with Crippen molar-refractivity contribution in [1.29, 1.82) is 0 Å². The van der Waals surface area contributed by atoms with Crippen LogP contribution < -0.4 is 0 Å². The molecule has 1 aliphatic heterocycles. The van der Waals surface area contributed by atoms with Gasteiger partial charge in [-0.05, 0) is 74.4 Å². The monoisotopic (exact) mass is 503 g/mol. The normalized spacial score (nSPS) is 22.9. The number of rotatable bonds is 10. The van der Waals surface area contributed by atoms with E-state index in [0.29, 0.717) is 12.8 Å². The number of hydrogen-bond acceptors (Lipinski definition) is 4. The van der Waals surface area contributed by atoms with Gasteiger partial charge in [0.05, 0.1) is 12.0 Å². The van der Waals surface area contributed by atoms with Gasteiger partial charge in [-0.1, -0.05) is 92.7 Å². The van der Waals surface area contributed by atoms with Crippen LogP contribution in [0.3, 0.4) is 0 Å². The van der Waals surface area contributed by atoms with Crippen molar-refractivity contribution >= 4 is 5.97 Å². The molecule has 0 spiro atoms. The van der Waals surface area contributed by atoms with Crippen LogP contribution in [0.25, 0.3) is 0 Å². The lowest BCUT2D eigenvalue weighted by atomic mass is 9.72. The summed E-state index contributed by atoms with van der Waals surface area (Å²) in [6.45, 7) is 6.48. The average molecular weight is 504 g/mol. The minimum absolute atomic E-state index is 0.138. The summed E-state index contributed by atoms with van der Waals surface area (Å²) in [4.78, 5) is 13.8. The Morgan fingerprint density at radius 1 is 1.05 bits per heavy atom. The fourth-order valence-electron chi connectivity index (χ4n) is 5.88. The predicted molar refractivity (Wildman–Crippen MR) is 147 cm³/mol. The number of aliphatic carboxylic acids is 1. The third kappa shape index (κ3) is 6.06. The van der Waals surface area contributed by atoms with Gasteiger partial charge in [0.25, 0.3) is 0 Å². The van der Waals surface area contributed by atoms with Crippen molar-refractivity contribution in [3.63, 3.8) is 0 Å². The van der Waals surface area contributed by atoms with Gasteiger partial charge in [0, 0.05) is 5.41 Å². The zero-order chi connectivity index (χ0) is 26.5. The Kier molecular flexibility index (Phi) is 8.68. The average Bonchev–Trinajstić information content (AvgIpc) is 2.93. The molecule has 0 radical (unpaired) electrons. The molecule has 5 nitrogen and oxygen atoms in total. The van der Waals surface area contributed by atoms with Crippen LogP contribution in [0.5, 0.6) is 0 Å². The summed E-state index contributed by atoms with van der Waals surface area (Å²) in [5.41, 5.74) is 1.37. The van der Waals surface area contributed by atoms with Crippen LogP contribution >= 0.6 is 0 Å². The first kappa shape index (κ1) is 27.3. The number of benzene rings is 2. The number of carboxylic acids is 1. The molecule has 2 aliphatic rings. The van der Waals surface area contributed by atoms with Crippen molar-refractivity contribution in [2.24, 2.45) is 17.3 Å². The van der Waals surface area contributed by atoms with Gasteiger partial charge in [0.1, 0.15) is 5.60 Å². The highest BCUT2D eigenvalue weighted by Crippen LogP contribution is 2.42. The molecule has 3 atom stereocenters. The minimum atomic E-state index is -1.00. The first-order valence-electron chi connectivity index (χ1n) is 13.6. The van der Waals surface area contributed by atoms with E-state index in [2.05, 4.69) is 4.90 Å². The van der Waals surface area contributed by atoms with Crippen molar-refractivity contribution in [3.8, 4) is 0 Å². The first-order valence-corrected chi connectivity index (χ1v) is 13.6. The SMILES string of the molecule is CC(C(=O)O)C1(C)C=CC(C(O)CCCN2CCC(C(O)(c3ccccc3)c3ccccc3)CC2)=CC1. The molecule has 1 heterocycles. The fourth-order valence-corrected chi connectivity index (χ4v) is 5.88. The maximum Gasteiger partial charge on any atom is 0.307 e. The molecule has 2 aromatic carbocycles. The third-order valence-corrected chi connectivity index (χ3v) is 8.74. The van der Waals surface area contributed by atoms with Gasteiger partial charge in [-0.25, -0.2) is 0 Å². The lowest BCUT2D eigenvalue weighted by molar-refractivity contribution is -0.144. The fraction of sp³-hybridized carbons (Fsp3) is 0.469. The van der Waals surface area contributed by atoms with Crippen LogP contribution in [0.15, 0.2) is 84.5 Å². The Balaban J connectivity index is 1.29. The molecule has 3 N–H and O–H groups in total. The number of aliphatic hydroxyl groups is 2. The van der Waals surface area contributed by atoms with Crippen molar-refractivity contribution < 1.29 is 20.1 Å². The molecule has 0 bridgehead atoms. The van der Waals surface area contributed by atoms with Gasteiger partial charge in [0.15, 0.2) is 0 Å². The number of carboxylic acid groups (broad SMARTS) is 1. The summed E-state index contributed by atoms with van der Waals surface area (Å²) in [6.07, 6.45) is 9.36. The van der Waals surface area contributed by atoms with Crippen molar-refractivity contribution in [3.05, 3.63) is 95.6 Å². The van der Waals surface area contributed by atoms with Gasteiger partial charge in [0.2, 0.25) is 0 Å². The molecule has 198 valence electrons. The highest BCUT2D eigenvalue weighted by Gasteiger charge is 2.41. The van der Waals surface area contributed by atoms with E-state index in [1.54, 1.807) is 6.92 Å². The summed E-state index contributed by atoms with van der Waals surface area (Å²) >= 11 is 0. The predicted octanol–water partition coefficient (Wildman–Crippen LogP) is 5.39. The molecule has 1 fully saturated rings. The molecule has 0 saturated carbocycles. The van der Waals surface area contributed by atoms with Gasteiger partial charge in [-0.3, -0.25) is 4.79 Å². The summed E-state index contributed by atoms with van der Waals surface area (Å²) in [5, 5.41) is 32.2. The van der Waals surface area contributed by atoms with E-state index < -0.39 is 29.0 Å². The van der Waals surface area contributed by atoms with Crippen molar-refractivity contribution in [2.75, 3.05) is 19.6 Å². The zero-order valence-electron chi connectivity index (χ0n) is 22.1. The van der Waals surface area contributed by atoms with E-state index in [1.165, 1.54) is 0 Å². The Morgan fingerprint density at radius 3 is 2.11 bits per heavy atom. The summed E-state index contributed by atoms with van der Waals surface area (Å²) in [7, 11) is 0. The lowest BCUT2D eigenvalue weighted by Crippen LogP contribution is -2.44. The number of hydrogen-bond donors (Lipinski definition) is 3. The molecular formula is C32H41NO4. The Bertz CT molecular complexity index is 1050. The highest BCUT2D eigenvalue weighted by molar-refractivity contribution is 5.71. The van der Waals surface area contributed by atoms with Crippen LogP contribution in [0, 0.1) is 17.3 Å². The lowest BCUT2D eigenvalue weighted by Gasteiger charge is -2.42. The molecule has 0 aromatic heterocycles. The number of nitrogens with zero attached hydrogens (tertiary/aromatic N) is 1. The Labute approximate surface area is 221 Å². The number of likely N-dealkylation sites (tertiary alicyclic amines) is 1. The van der Waals surface area contributed by atoms with Gasteiger partial charge in [-0.2, -0.15) is 0 Å². The quantitative estimate of drug-likeness (QED) is 0.405. The number of carbonyl (C=O) groups is 1. The van der Waals surface area contributed by atoms with Crippen LogP contribution in [-0.4, -0.2) is 51.9 Å². The molecule has 3 unspecified atom stereocenters.